The second-order valence-electron chi connectivity index (χ2n) is 4.83. The summed E-state index contributed by atoms with van der Waals surface area (Å²) >= 11 is 4.91. The van der Waals surface area contributed by atoms with Crippen LogP contribution < -0.4 is 10.5 Å². The van der Waals surface area contributed by atoms with Crippen molar-refractivity contribution in [2.24, 2.45) is 5.73 Å². The highest BCUT2D eigenvalue weighted by Crippen LogP contribution is 2.16. The molecule has 1 fully saturated rings. The van der Waals surface area contributed by atoms with Crippen molar-refractivity contribution in [1.82, 2.24) is 4.72 Å². The molecule has 1 aromatic rings. The molecule has 0 aliphatic carbocycles. The molecule has 3 N–H and O–H groups in total. The number of rotatable bonds is 5. The Bertz CT molecular complexity index is 608. The zero-order chi connectivity index (χ0) is 14.8. The Balaban J connectivity index is 2.12. The fourth-order valence-electron chi connectivity index (χ4n) is 2.17. The minimum absolute atomic E-state index is 0.0261. The molecule has 20 heavy (non-hydrogen) atoms. The second kappa shape index (κ2) is 6.17. The number of thiocarbonyl (C=S) groups is 1. The van der Waals surface area contributed by atoms with Crippen molar-refractivity contribution in [3.05, 3.63) is 29.3 Å². The molecule has 1 aromatic carbocycles. The van der Waals surface area contributed by atoms with Gasteiger partial charge in [0.2, 0.25) is 10.0 Å². The highest BCUT2D eigenvalue weighted by molar-refractivity contribution is 7.89. The maximum atomic E-state index is 12.2. The van der Waals surface area contributed by atoms with Crippen LogP contribution in [0.1, 0.15) is 24.0 Å². The monoisotopic (exact) mass is 314 g/mol. The first-order valence-corrected chi connectivity index (χ1v) is 8.31. The maximum Gasteiger partial charge on any atom is 0.240 e. The molecule has 1 saturated heterocycles. The van der Waals surface area contributed by atoms with Gasteiger partial charge in [0, 0.05) is 18.7 Å². The molecule has 1 aliphatic rings. The highest BCUT2D eigenvalue weighted by atomic mass is 32.2. The summed E-state index contributed by atoms with van der Waals surface area (Å²) in [5.74, 6) is 0. The number of benzene rings is 1. The smallest absolute Gasteiger partial charge is 0.240 e. The third-order valence-corrected chi connectivity index (χ3v) is 4.94. The van der Waals surface area contributed by atoms with Crippen molar-refractivity contribution < 1.29 is 13.2 Å². The number of sulfonamides is 1. The Morgan fingerprint density at radius 1 is 1.55 bits per heavy atom. The van der Waals surface area contributed by atoms with Crippen molar-refractivity contribution in [1.29, 1.82) is 0 Å². The van der Waals surface area contributed by atoms with Gasteiger partial charge in [-0.25, -0.2) is 13.1 Å². The first-order valence-electron chi connectivity index (χ1n) is 6.42. The summed E-state index contributed by atoms with van der Waals surface area (Å²) in [6.07, 6.45) is 1.84. The molecule has 1 aliphatic heterocycles. The Labute approximate surface area is 124 Å². The number of nitrogens with one attached hydrogen (secondary N) is 1. The van der Waals surface area contributed by atoms with Gasteiger partial charge in [-0.05, 0) is 37.5 Å². The fourth-order valence-corrected chi connectivity index (χ4v) is 3.55. The van der Waals surface area contributed by atoms with E-state index in [1.807, 2.05) is 0 Å². The molecule has 0 bridgehead atoms. The van der Waals surface area contributed by atoms with Gasteiger partial charge in [0.25, 0.3) is 0 Å². The molecule has 2 rings (SSSR count). The zero-order valence-corrected chi connectivity index (χ0v) is 12.9. The van der Waals surface area contributed by atoms with E-state index in [0.717, 1.165) is 18.4 Å². The lowest BCUT2D eigenvalue weighted by atomic mass is 10.1. The Morgan fingerprint density at radius 2 is 2.30 bits per heavy atom. The summed E-state index contributed by atoms with van der Waals surface area (Å²) in [7, 11) is -3.53. The summed E-state index contributed by atoms with van der Waals surface area (Å²) in [6.45, 7) is 2.79. The number of hydrogen-bond donors (Lipinski definition) is 2. The molecule has 0 spiro atoms. The van der Waals surface area contributed by atoms with Gasteiger partial charge in [0.1, 0.15) is 4.99 Å². The molecule has 1 atom stereocenters. The Morgan fingerprint density at radius 3 is 2.85 bits per heavy atom. The van der Waals surface area contributed by atoms with Crippen LogP contribution in [0.3, 0.4) is 0 Å². The maximum absolute atomic E-state index is 12.2. The van der Waals surface area contributed by atoms with Gasteiger partial charge in [0.15, 0.2) is 0 Å². The minimum Gasteiger partial charge on any atom is -0.389 e. The summed E-state index contributed by atoms with van der Waals surface area (Å²) < 4.78 is 32.4. The molecule has 0 radical (unpaired) electrons. The molecule has 0 saturated carbocycles. The third-order valence-electron chi connectivity index (χ3n) is 3.30. The van der Waals surface area contributed by atoms with Crippen LogP contribution in [0.2, 0.25) is 0 Å². The topological polar surface area (TPSA) is 81.4 Å². The van der Waals surface area contributed by atoms with Gasteiger partial charge in [-0.15, -0.1) is 0 Å². The van der Waals surface area contributed by atoms with E-state index in [4.69, 9.17) is 22.7 Å². The lowest BCUT2D eigenvalue weighted by Crippen LogP contribution is -2.32. The van der Waals surface area contributed by atoms with E-state index in [1.54, 1.807) is 19.1 Å². The van der Waals surface area contributed by atoms with Gasteiger partial charge in [-0.3, -0.25) is 0 Å². The average Bonchev–Trinajstić information content (AvgIpc) is 2.89. The number of ether oxygens (including phenoxy) is 1. The van der Waals surface area contributed by atoms with E-state index in [2.05, 4.69) is 4.72 Å². The molecule has 0 amide bonds. The van der Waals surface area contributed by atoms with Crippen molar-refractivity contribution in [3.63, 3.8) is 0 Å². The van der Waals surface area contributed by atoms with Crippen molar-refractivity contribution >= 4 is 27.2 Å². The van der Waals surface area contributed by atoms with Crippen molar-refractivity contribution in [2.45, 2.75) is 30.8 Å². The van der Waals surface area contributed by atoms with Gasteiger partial charge in [-0.2, -0.15) is 0 Å². The van der Waals surface area contributed by atoms with Gasteiger partial charge in [0.05, 0.1) is 11.0 Å². The second-order valence-corrected chi connectivity index (χ2v) is 7.03. The van der Waals surface area contributed by atoms with Crippen LogP contribution in [-0.2, 0) is 14.8 Å². The largest absolute Gasteiger partial charge is 0.389 e. The minimum atomic E-state index is -3.53. The van der Waals surface area contributed by atoms with E-state index in [9.17, 15) is 8.42 Å². The predicted octanol–water partition coefficient (Wildman–Crippen LogP) is 1.09. The summed E-state index contributed by atoms with van der Waals surface area (Å²) in [6, 6.07) is 4.73. The van der Waals surface area contributed by atoms with Crippen LogP contribution in [0.25, 0.3) is 0 Å². The summed E-state index contributed by atoms with van der Waals surface area (Å²) in [5.41, 5.74) is 7.01. The number of nitrogens with two attached hydrogens (primary N) is 1. The fraction of sp³-hybridized carbons (Fsp3) is 0.462. The highest BCUT2D eigenvalue weighted by Gasteiger charge is 2.20. The van der Waals surface area contributed by atoms with E-state index >= 15 is 0 Å². The molecular formula is C13H18N2O3S2. The number of aryl methyl sites for hydroxylation is 1. The van der Waals surface area contributed by atoms with Crippen molar-refractivity contribution in [2.75, 3.05) is 13.2 Å². The van der Waals surface area contributed by atoms with Crippen molar-refractivity contribution in [3.8, 4) is 0 Å². The van der Waals surface area contributed by atoms with Crippen LogP contribution >= 0.6 is 12.2 Å². The van der Waals surface area contributed by atoms with E-state index in [1.165, 1.54) is 6.07 Å². The SMILES string of the molecule is Cc1cc(S(=O)(=O)NCC2CCCO2)ccc1C(N)=S. The summed E-state index contributed by atoms with van der Waals surface area (Å²) in [4.78, 5) is 0.478. The van der Waals surface area contributed by atoms with Gasteiger partial charge >= 0.3 is 0 Å². The quantitative estimate of drug-likeness (QED) is 0.795. The Kier molecular flexibility index (Phi) is 4.74. The van der Waals surface area contributed by atoms with E-state index < -0.39 is 10.0 Å². The molecule has 0 aromatic heterocycles. The van der Waals surface area contributed by atoms with Gasteiger partial charge < -0.3 is 10.5 Å². The van der Waals surface area contributed by atoms with Crippen LogP contribution in [0.5, 0.6) is 0 Å². The van der Waals surface area contributed by atoms with E-state index in [-0.39, 0.29) is 16.0 Å². The normalized spacial score (nSPS) is 19.1. The first-order chi connectivity index (χ1) is 9.40. The predicted molar refractivity (Wildman–Crippen MR) is 81.2 cm³/mol. The van der Waals surface area contributed by atoms with Crippen LogP contribution in [0.15, 0.2) is 23.1 Å². The molecule has 1 unspecified atom stereocenters. The average molecular weight is 314 g/mol. The number of hydrogen-bond acceptors (Lipinski definition) is 4. The van der Waals surface area contributed by atoms with Crippen LogP contribution in [-0.4, -0.2) is 32.7 Å². The van der Waals surface area contributed by atoms with Crippen LogP contribution in [0.4, 0.5) is 0 Å². The lowest BCUT2D eigenvalue weighted by molar-refractivity contribution is 0.114. The third kappa shape index (κ3) is 3.54. The zero-order valence-electron chi connectivity index (χ0n) is 11.3. The lowest BCUT2D eigenvalue weighted by Gasteiger charge is -2.12. The molecule has 7 heteroatoms. The van der Waals surface area contributed by atoms with Gasteiger partial charge in [-0.1, -0.05) is 18.3 Å². The standard InChI is InChI=1S/C13H18N2O3S2/c1-9-7-11(4-5-12(9)13(14)19)20(16,17)15-8-10-3-2-6-18-10/h4-5,7,10,15H,2-3,6,8H2,1H3,(H2,14,19). The van der Waals surface area contributed by atoms with E-state index in [0.29, 0.717) is 18.7 Å². The molecule has 5 nitrogen and oxygen atoms in total. The molecule has 1 heterocycles. The molecular weight excluding hydrogens is 296 g/mol. The Hall–Kier alpha value is -1.02. The molecule has 110 valence electrons. The van der Waals surface area contributed by atoms with Crippen LogP contribution in [0, 0.1) is 6.92 Å². The first kappa shape index (κ1) is 15.4. The summed E-state index contributed by atoms with van der Waals surface area (Å²) in [5, 5.41) is 0.